The van der Waals surface area contributed by atoms with Crippen LogP contribution in [0, 0.1) is 11.3 Å². The summed E-state index contributed by atoms with van der Waals surface area (Å²) in [4.78, 5) is 15.0. The minimum atomic E-state index is 0.0844. The van der Waals surface area contributed by atoms with Gasteiger partial charge < -0.3 is 4.90 Å². The number of nitrogens with zero attached hydrogens (tertiary/aromatic N) is 3. The first-order chi connectivity index (χ1) is 8.02. The second-order valence-corrected chi connectivity index (χ2v) is 4.27. The van der Waals surface area contributed by atoms with E-state index in [0.717, 1.165) is 5.56 Å². The van der Waals surface area contributed by atoms with Crippen molar-refractivity contribution < 1.29 is 4.79 Å². The third-order valence-corrected chi connectivity index (χ3v) is 2.44. The Balaban J connectivity index is 2.53. The molecule has 1 aromatic rings. The van der Waals surface area contributed by atoms with E-state index in [2.05, 4.69) is 6.07 Å². The van der Waals surface area contributed by atoms with Gasteiger partial charge in [-0.15, -0.1) is 0 Å². The zero-order chi connectivity index (χ0) is 12.8. The molecular weight excluding hydrogens is 214 g/mol. The Labute approximate surface area is 102 Å². The number of amides is 1. The summed E-state index contributed by atoms with van der Waals surface area (Å²) < 4.78 is 0. The molecule has 0 atom stereocenters. The summed E-state index contributed by atoms with van der Waals surface area (Å²) in [5.74, 6) is 0.0844. The van der Waals surface area contributed by atoms with Crippen molar-refractivity contribution in [2.24, 2.45) is 0 Å². The number of hydrogen-bond donors (Lipinski definition) is 0. The Morgan fingerprint density at radius 3 is 2.29 bits per heavy atom. The molecule has 1 aromatic carbocycles. The van der Waals surface area contributed by atoms with Gasteiger partial charge >= 0.3 is 0 Å². The molecule has 1 amide bonds. The molecular formula is C13H17N3O. The lowest BCUT2D eigenvalue weighted by Crippen LogP contribution is -2.34. The fraction of sp³-hybridized carbons (Fsp3) is 0.385. The Morgan fingerprint density at radius 2 is 1.82 bits per heavy atom. The van der Waals surface area contributed by atoms with E-state index in [1.54, 1.807) is 31.1 Å². The molecule has 0 aromatic heterocycles. The Kier molecular flexibility index (Phi) is 4.68. The monoisotopic (exact) mass is 231 g/mol. The molecule has 4 heteroatoms. The summed E-state index contributed by atoms with van der Waals surface area (Å²) in [6, 6.07) is 9.48. The average Bonchev–Trinajstić information content (AvgIpc) is 2.29. The number of benzene rings is 1. The van der Waals surface area contributed by atoms with Crippen molar-refractivity contribution in [3.8, 4) is 6.07 Å². The van der Waals surface area contributed by atoms with Crippen molar-refractivity contribution in [3.05, 3.63) is 35.4 Å². The van der Waals surface area contributed by atoms with E-state index in [4.69, 9.17) is 5.26 Å². The first kappa shape index (κ1) is 13.2. The van der Waals surface area contributed by atoms with Gasteiger partial charge in [0.1, 0.15) is 0 Å². The Hall–Kier alpha value is -1.86. The molecule has 0 spiro atoms. The fourth-order valence-electron chi connectivity index (χ4n) is 1.42. The minimum absolute atomic E-state index is 0.0844. The van der Waals surface area contributed by atoms with Gasteiger partial charge in [-0.25, -0.2) is 0 Å². The zero-order valence-corrected chi connectivity index (χ0v) is 10.5. The largest absolute Gasteiger partial charge is 0.348 e. The highest BCUT2D eigenvalue weighted by molar-refractivity contribution is 5.77. The van der Waals surface area contributed by atoms with Crippen LogP contribution in [0.2, 0.25) is 0 Å². The van der Waals surface area contributed by atoms with Gasteiger partial charge in [-0.1, -0.05) is 12.1 Å². The summed E-state index contributed by atoms with van der Waals surface area (Å²) in [5, 5.41) is 8.68. The predicted molar refractivity (Wildman–Crippen MR) is 66.2 cm³/mol. The molecule has 0 N–H and O–H groups in total. The molecule has 0 aliphatic rings. The maximum atomic E-state index is 11.5. The lowest BCUT2D eigenvalue weighted by molar-refractivity contribution is -0.129. The normalized spacial score (nSPS) is 10.1. The highest BCUT2D eigenvalue weighted by Crippen LogP contribution is 2.05. The summed E-state index contributed by atoms with van der Waals surface area (Å²) in [5.41, 5.74) is 1.75. The molecule has 1 rings (SSSR count). The van der Waals surface area contributed by atoms with Gasteiger partial charge in [-0.05, 0) is 24.7 Å². The lowest BCUT2D eigenvalue weighted by Gasteiger charge is -2.18. The molecule has 90 valence electrons. The third-order valence-electron chi connectivity index (χ3n) is 2.44. The summed E-state index contributed by atoms with van der Waals surface area (Å²) in [6.07, 6.45) is 0. The smallest absolute Gasteiger partial charge is 0.236 e. The molecule has 0 unspecified atom stereocenters. The number of rotatable bonds is 4. The van der Waals surface area contributed by atoms with Gasteiger partial charge in [0, 0.05) is 20.6 Å². The first-order valence-electron chi connectivity index (χ1n) is 5.40. The number of nitriles is 1. The van der Waals surface area contributed by atoms with Crippen molar-refractivity contribution >= 4 is 5.91 Å². The van der Waals surface area contributed by atoms with Crippen molar-refractivity contribution in [1.82, 2.24) is 9.80 Å². The minimum Gasteiger partial charge on any atom is -0.348 e. The van der Waals surface area contributed by atoms with E-state index in [9.17, 15) is 4.79 Å². The number of carbonyl (C=O) groups is 1. The Bertz CT molecular complexity index is 417. The van der Waals surface area contributed by atoms with E-state index in [1.807, 2.05) is 24.1 Å². The van der Waals surface area contributed by atoms with Crippen LogP contribution in [0.25, 0.3) is 0 Å². The van der Waals surface area contributed by atoms with Crippen molar-refractivity contribution in [3.63, 3.8) is 0 Å². The number of hydrogen-bond acceptors (Lipinski definition) is 3. The quantitative estimate of drug-likeness (QED) is 0.779. The van der Waals surface area contributed by atoms with Gasteiger partial charge in [-0.3, -0.25) is 9.69 Å². The van der Waals surface area contributed by atoms with Crippen molar-refractivity contribution in [2.75, 3.05) is 27.7 Å². The number of carbonyl (C=O) groups excluding carboxylic acids is 1. The zero-order valence-electron chi connectivity index (χ0n) is 10.5. The summed E-state index contributed by atoms with van der Waals surface area (Å²) in [6.45, 7) is 1.10. The molecule has 0 saturated heterocycles. The second-order valence-electron chi connectivity index (χ2n) is 4.27. The van der Waals surface area contributed by atoms with Gasteiger partial charge in [0.2, 0.25) is 5.91 Å². The standard InChI is InChI=1S/C13H17N3O/c1-15(2)13(17)10-16(3)9-12-6-4-11(8-14)5-7-12/h4-7H,9-10H2,1-3H3. The maximum absolute atomic E-state index is 11.5. The van der Waals surface area contributed by atoms with Crippen LogP contribution in [-0.2, 0) is 11.3 Å². The van der Waals surface area contributed by atoms with E-state index in [-0.39, 0.29) is 5.91 Å². The predicted octanol–water partition coefficient (Wildman–Crippen LogP) is 1.08. The molecule has 0 aliphatic carbocycles. The van der Waals surface area contributed by atoms with Crippen LogP contribution in [0.5, 0.6) is 0 Å². The van der Waals surface area contributed by atoms with Gasteiger partial charge in [0.25, 0.3) is 0 Å². The Morgan fingerprint density at radius 1 is 1.24 bits per heavy atom. The van der Waals surface area contributed by atoms with Crippen LogP contribution in [0.15, 0.2) is 24.3 Å². The molecule has 0 fully saturated rings. The van der Waals surface area contributed by atoms with Crippen LogP contribution in [-0.4, -0.2) is 43.4 Å². The highest BCUT2D eigenvalue weighted by atomic mass is 16.2. The van der Waals surface area contributed by atoms with Crippen LogP contribution in [0.1, 0.15) is 11.1 Å². The average molecular weight is 231 g/mol. The van der Waals surface area contributed by atoms with Crippen LogP contribution in [0.4, 0.5) is 0 Å². The SMILES string of the molecule is CN(CC(=O)N(C)C)Cc1ccc(C#N)cc1. The second kappa shape index (κ2) is 6.02. The topological polar surface area (TPSA) is 47.3 Å². The van der Waals surface area contributed by atoms with Gasteiger partial charge in [0.15, 0.2) is 0 Å². The molecule has 0 saturated carbocycles. The van der Waals surface area contributed by atoms with Crippen LogP contribution in [0.3, 0.4) is 0 Å². The fourth-order valence-corrected chi connectivity index (χ4v) is 1.42. The van der Waals surface area contributed by atoms with E-state index < -0.39 is 0 Å². The molecule has 17 heavy (non-hydrogen) atoms. The van der Waals surface area contributed by atoms with Gasteiger partial charge in [-0.2, -0.15) is 5.26 Å². The molecule has 0 heterocycles. The molecule has 0 bridgehead atoms. The molecule has 0 aliphatic heterocycles. The summed E-state index contributed by atoms with van der Waals surface area (Å²) >= 11 is 0. The lowest BCUT2D eigenvalue weighted by atomic mass is 10.1. The first-order valence-corrected chi connectivity index (χ1v) is 5.40. The summed E-state index contributed by atoms with van der Waals surface area (Å²) in [7, 11) is 5.40. The molecule has 0 radical (unpaired) electrons. The number of likely N-dealkylation sites (N-methyl/N-ethyl adjacent to an activating group) is 2. The maximum Gasteiger partial charge on any atom is 0.236 e. The van der Waals surface area contributed by atoms with Crippen LogP contribution < -0.4 is 0 Å². The highest BCUT2D eigenvalue weighted by Gasteiger charge is 2.08. The van der Waals surface area contributed by atoms with Crippen LogP contribution >= 0.6 is 0 Å². The van der Waals surface area contributed by atoms with E-state index in [0.29, 0.717) is 18.7 Å². The molecule has 4 nitrogen and oxygen atoms in total. The van der Waals surface area contributed by atoms with Gasteiger partial charge in [0.05, 0.1) is 18.2 Å². The van der Waals surface area contributed by atoms with Crippen molar-refractivity contribution in [1.29, 1.82) is 5.26 Å². The van der Waals surface area contributed by atoms with Crippen molar-refractivity contribution in [2.45, 2.75) is 6.54 Å². The third kappa shape index (κ3) is 4.25. The van der Waals surface area contributed by atoms with E-state index in [1.165, 1.54) is 0 Å². The van der Waals surface area contributed by atoms with E-state index >= 15 is 0 Å².